The number of anilines is 1. The van der Waals surface area contributed by atoms with Gasteiger partial charge in [0.2, 0.25) is 0 Å². The summed E-state index contributed by atoms with van der Waals surface area (Å²) in [5.74, 6) is 2.34. The Morgan fingerprint density at radius 1 is 1.14 bits per heavy atom. The molecule has 1 atom stereocenters. The Bertz CT molecular complexity index is 622. The molecule has 2 aromatic rings. The van der Waals surface area contributed by atoms with Crippen LogP contribution in [0.5, 0.6) is 0 Å². The number of hydrogen-bond acceptors (Lipinski definition) is 3. The Labute approximate surface area is 126 Å². The molecule has 0 aliphatic heterocycles. The van der Waals surface area contributed by atoms with Crippen molar-refractivity contribution in [2.24, 2.45) is 0 Å². The first kappa shape index (κ1) is 14.1. The maximum atomic E-state index is 4.80. The first-order chi connectivity index (χ1) is 10.3. The third kappa shape index (κ3) is 2.92. The van der Waals surface area contributed by atoms with E-state index in [1.807, 2.05) is 0 Å². The highest BCUT2D eigenvalue weighted by atomic mass is 15.0. The fourth-order valence-corrected chi connectivity index (χ4v) is 2.89. The standard InChI is InChI=1S/C18H23N3/c1-3-7-14-12-17(19-10-4-2)21-18(20-14)16-11-13-8-5-6-9-15(13)16/h5-6,8-9,12,16H,3-4,7,10-11H2,1-2H3,(H,19,20,21). The van der Waals surface area contributed by atoms with Gasteiger partial charge >= 0.3 is 0 Å². The van der Waals surface area contributed by atoms with Crippen molar-refractivity contribution in [2.75, 3.05) is 11.9 Å². The second-order valence-electron chi connectivity index (χ2n) is 5.74. The van der Waals surface area contributed by atoms with E-state index < -0.39 is 0 Å². The van der Waals surface area contributed by atoms with Gasteiger partial charge < -0.3 is 5.32 Å². The van der Waals surface area contributed by atoms with Crippen molar-refractivity contribution < 1.29 is 0 Å². The first-order valence-electron chi connectivity index (χ1n) is 8.01. The fourth-order valence-electron chi connectivity index (χ4n) is 2.89. The number of aromatic nitrogens is 2. The molecular formula is C18H23N3. The van der Waals surface area contributed by atoms with Crippen molar-refractivity contribution in [3.63, 3.8) is 0 Å². The predicted octanol–water partition coefficient (Wildman–Crippen LogP) is 3.94. The SMILES string of the molecule is CCCNc1cc(CCC)nc(C2Cc3ccccc32)n1. The molecule has 1 heterocycles. The largest absolute Gasteiger partial charge is 0.370 e. The van der Waals surface area contributed by atoms with Crippen LogP contribution in [0.25, 0.3) is 0 Å². The first-order valence-corrected chi connectivity index (χ1v) is 8.01. The van der Waals surface area contributed by atoms with Gasteiger partial charge in [-0.2, -0.15) is 0 Å². The number of aryl methyl sites for hydroxylation is 1. The lowest BCUT2D eigenvalue weighted by Gasteiger charge is -2.29. The molecule has 3 rings (SSSR count). The summed E-state index contributed by atoms with van der Waals surface area (Å²) in [5, 5.41) is 3.41. The minimum absolute atomic E-state index is 0.375. The van der Waals surface area contributed by atoms with Gasteiger partial charge in [-0.1, -0.05) is 44.5 Å². The van der Waals surface area contributed by atoms with Crippen molar-refractivity contribution in [3.8, 4) is 0 Å². The van der Waals surface area contributed by atoms with Crippen molar-refractivity contribution in [1.82, 2.24) is 9.97 Å². The Morgan fingerprint density at radius 3 is 2.76 bits per heavy atom. The van der Waals surface area contributed by atoms with E-state index in [-0.39, 0.29) is 0 Å². The zero-order valence-corrected chi connectivity index (χ0v) is 12.9. The molecule has 0 saturated heterocycles. The molecule has 3 nitrogen and oxygen atoms in total. The van der Waals surface area contributed by atoms with Crippen LogP contribution in [0.3, 0.4) is 0 Å². The van der Waals surface area contributed by atoms with Gasteiger partial charge in [0.05, 0.1) is 0 Å². The monoisotopic (exact) mass is 281 g/mol. The van der Waals surface area contributed by atoms with Gasteiger partial charge in [0, 0.05) is 24.2 Å². The third-order valence-corrected chi connectivity index (χ3v) is 4.02. The summed E-state index contributed by atoms with van der Waals surface area (Å²) in [6.07, 6.45) is 4.31. The molecule has 0 spiro atoms. The molecule has 21 heavy (non-hydrogen) atoms. The molecule has 1 aliphatic rings. The number of nitrogens with one attached hydrogen (secondary N) is 1. The third-order valence-electron chi connectivity index (χ3n) is 4.02. The van der Waals surface area contributed by atoms with Gasteiger partial charge in [-0.3, -0.25) is 0 Å². The second kappa shape index (κ2) is 6.25. The van der Waals surface area contributed by atoms with E-state index in [0.29, 0.717) is 5.92 Å². The molecule has 0 saturated carbocycles. The normalized spacial score (nSPS) is 16.2. The van der Waals surface area contributed by atoms with Crippen LogP contribution >= 0.6 is 0 Å². The molecule has 1 aromatic carbocycles. The molecule has 1 unspecified atom stereocenters. The molecule has 0 amide bonds. The maximum Gasteiger partial charge on any atom is 0.138 e. The van der Waals surface area contributed by atoms with Crippen LogP contribution in [0.15, 0.2) is 30.3 Å². The summed E-state index contributed by atoms with van der Waals surface area (Å²) < 4.78 is 0. The lowest BCUT2D eigenvalue weighted by Crippen LogP contribution is -2.21. The lowest BCUT2D eigenvalue weighted by molar-refractivity contribution is 0.652. The fraction of sp³-hybridized carbons (Fsp3) is 0.444. The quantitative estimate of drug-likeness (QED) is 0.871. The highest BCUT2D eigenvalue weighted by Gasteiger charge is 2.29. The van der Waals surface area contributed by atoms with Crippen LogP contribution in [-0.2, 0) is 12.8 Å². The number of hydrogen-bond donors (Lipinski definition) is 1. The van der Waals surface area contributed by atoms with Gasteiger partial charge in [0.15, 0.2) is 0 Å². The van der Waals surface area contributed by atoms with Gasteiger partial charge in [-0.25, -0.2) is 9.97 Å². The summed E-state index contributed by atoms with van der Waals surface area (Å²) in [4.78, 5) is 9.55. The summed E-state index contributed by atoms with van der Waals surface area (Å²) >= 11 is 0. The van der Waals surface area contributed by atoms with Gasteiger partial charge in [0.1, 0.15) is 11.6 Å². The van der Waals surface area contributed by atoms with Crippen LogP contribution in [0.4, 0.5) is 5.82 Å². The van der Waals surface area contributed by atoms with Crippen molar-refractivity contribution in [2.45, 2.75) is 45.4 Å². The predicted molar refractivity (Wildman–Crippen MR) is 86.8 cm³/mol. The summed E-state index contributed by atoms with van der Waals surface area (Å²) in [6.45, 7) is 5.33. The van der Waals surface area contributed by atoms with Crippen molar-refractivity contribution >= 4 is 5.82 Å². The number of benzene rings is 1. The van der Waals surface area contributed by atoms with E-state index in [0.717, 1.165) is 49.6 Å². The van der Waals surface area contributed by atoms with Crippen LogP contribution in [0, 0.1) is 0 Å². The van der Waals surface area contributed by atoms with Crippen LogP contribution < -0.4 is 5.32 Å². The average molecular weight is 281 g/mol. The zero-order valence-electron chi connectivity index (χ0n) is 12.9. The summed E-state index contributed by atoms with van der Waals surface area (Å²) in [6, 6.07) is 10.7. The smallest absolute Gasteiger partial charge is 0.138 e. The molecule has 0 radical (unpaired) electrons. The van der Waals surface area contributed by atoms with Gasteiger partial charge in [-0.05, 0) is 30.4 Å². The summed E-state index contributed by atoms with van der Waals surface area (Å²) in [7, 11) is 0. The average Bonchev–Trinajstić information content (AvgIpc) is 2.47. The van der Waals surface area contributed by atoms with E-state index in [9.17, 15) is 0 Å². The molecule has 3 heteroatoms. The minimum Gasteiger partial charge on any atom is -0.370 e. The maximum absolute atomic E-state index is 4.80. The molecule has 110 valence electrons. The van der Waals surface area contributed by atoms with E-state index in [1.165, 1.54) is 11.1 Å². The molecule has 1 aliphatic carbocycles. The number of fused-ring (bicyclic) bond motifs is 1. The highest BCUT2D eigenvalue weighted by Crippen LogP contribution is 2.38. The zero-order chi connectivity index (χ0) is 14.7. The summed E-state index contributed by atoms with van der Waals surface area (Å²) in [5.41, 5.74) is 3.99. The van der Waals surface area contributed by atoms with Crippen LogP contribution in [0.2, 0.25) is 0 Å². The van der Waals surface area contributed by atoms with Crippen LogP contribution in [-0.4, -0.2) is 16.5 Å². The highest BCUT2D eigenvalue weighted by molar-refractivity contribution is 5.46. The van der Waals surface area contributed by atoms with E-state index in [1.54, 1.807) is 0 Å². The van der Waals surface area contributed by atoms with E-state index >= 15 is 0 Å². The minimum atomic E-state index is 0.375. The van der Waals surface area contributed by atoms with Crippen LogP contribution in [0.1, 0.15) is 55.3 Å². The Morgan fingerprint density at radius 2 is 2.00 bits per heavy atom. The second-order valence-corrected chi connectivity index (χ2v) is 5.74. The van der Waals surface area contributed by atoms with Crippen molar-refractivity contribution in [3.05, 3.63) is 53.0 Å². The Kier molecular flexibility index (Phi) is 4.18. The number of nitrogens with zero attached hydrogens (tertiary/aromatic N) is 2. The van der Waals surface area contributed by atoms with Gasteiger partial charge in [0.25, 0.3) is 0 Å². The topological polar surface area (TPSA) is 37.8 Å². The lowest BCUT2D eigenvalue weighted by atomic mass is 9.77. The molecule has 0 fully saturated rings. The molecule has 0 bridgehead atoms. The van der Waals surface area contributed by atoms with E-state index in [4.69, 9.17) is 9.97 Å². The molecular weight excluding hydrogens is 258 g/mol. The molecule has 1 aromatic heterocycles. The Balaban J connectivity index is 1.89. The van der Waals surface area contributed by atoms with Crippen molar-refractivity contribution in [1.29, 1.82) is 0 Å². The van der Waals surface area contributed by atoms with E-state index in [2.05, 4.69) is 49.5 Å². The Hall–Kier alpha value is -1.90. The molecule has 1 N–H and O–H groups in total. The van der Waals surface area contributed by atoms with Gasteiger partial charge in [-0.15, -0.1) is 0 Å². The number of rotatable bonds is 6.